The third-order valence-corrected chi connectivity index (χ3v) is 8.52. The molecule has 1 atom stereocenters. The van der Waals surface area contributed by atoms with Crippen LogP contribution >= 0.6 is 0 Å². The molecule has 0 spiro atoms. The van der Waals surface area contributed by atoms with Gasteiger partial charge in [-0.05, 0) is 57.4 Å². The minimum atomic E-state index is -3.74. The van der Waals surface area contributed by atoms with Crippen LogP contribution < -0.4 is 20.1 Å². The summed E-state index contributed by atoms with van der Waals surface area (Å²) >= 11 is 0. The van der Waals surface area contributed by atoms with E-state index in [-0.39, 0.29) is 28.7 Å². The first-order valence-electron chi connectivity index (χ1n) is 13.1. The van der Waals surface area contributed by atoms with Crippen molar-refractivity contribution in [3.8, 4) is 0 Å². The summed E-state index contributed by atoms with van der Waals surface area (Å²) in [6, 6.07) is 4.04. The van der Waals surface area contributed by atoms with Gasteiger partial charge in [0.1, 0.15) is 5.69 Å². The zero-order valence-electron chi connectivity index (χ0n) is 22.8. The first kappa shape index (κ1) is 28.3. The van der Waals surface area contributed by atoms with Crippen molar-refractivity contribution in [3.63, 3.8) is 0 Å². The number of rotatable bonds is 8. The monoisotopic (exact) mass is 548 g/mol. The SMILES string of the molecule is CCCS(=O)(=O)Nc1ccc(F)c(N2C=C(c3cncc(N4CCN(C(C)(C)C)CC4)c3)C(CC)N2)c1F. The Morgan fingerprint density at radius 1 is 1.11 bits per heavy atom. The van der Waals surface area contributed by atoms with Gasteiger partial charge in [-0.3, -0.25) is 19.6 Å². The van der Waals surface area contributed by atoms with E-state index in [1.54, 1.807) is 19.3 Å². The molecule has 8 nitrogen and oxygen atoms in total. The highest BCUT2D eigenvalue weighted by atomic mass is 32.2. The number of nitrogens with one attached hydrogen (secondary N) is 2. The van der Waals surface area contributed by atoms with Crippen LogP contribution in [0.4, 0.5) is 25.8 Å². The molecule has 1 aromatic carbocycles. The maximum absolute atomic E-state index is 15.4. The Balaban J connectivity index is 1.61. The standard InChI is InChI=1S/C27H38F2N6O2S/c1-6-14-38(36,37)32-24-9-8-22(28)26(25(24)29)35-18-21(23(7-2)31-35)19-15-20(17-30-16-19)33-10-12-34(13-11-33)27(3,4)5/h8-9,15-18,23,31-32H,6-7,10-14H2,1-5H3. The van der Waals surface area contributed by atoms with Gasteiger partial charge in [0.25, 0.3) is 0 Å². The van der Waals surface area contributed by atoms with Crippen LogP contribution in [0.2, 0.25) is 0 Å². The molecule has 38 heavy (non-hydrogen) atoms. The summed E-state index contributed by atoms with van der Waals surface area (Å²) in [5.74, 6) is -1.94. The predicted octanol–water partition coefficient (Wildman–Crippen LogP) is 4.58. The molecule has 1 fully saturated rings. The fourth-order valence-corrected chi connectivity index (χ4v) is 6.07. The molecule has 0 amide bonds. The maximum atomic E-state index is 15.4. The van der Waals surface area contributed by atoms with Crippen molar-refractivity contribution in [1.82, 2.24) is 15.3 Å². The van der Waals surface area contributed by atoms with Crippen LogP contribution in [0.3, 0.4) is 0 Å². The Labute approximate surface area is 224 Å². The van der Waals surface area contributed by atoms with Crippen molar-refractivity contribution in [3.05, 3.63) is 54.0 Å². The molecule has 0 aliphatic carbocycles. The van der Waals surface area contributed by atoms with Crippen LogP contribution in [0.15, 0.2) is 36.8 Å². The number of benzene rings is 1. The fourth-order valence-electron chi connectivity index (χ4n) is 4.94. The molecular weight excluding hydrogens is 510 g/mol. The van der Waals surface area contributed by atoms with Gasteiger partial charge in [0.05, 0.1) is 29.4 Å². The second-order valence-corrected chi connectivity index (χ2v) is 12.6. The average molecular weight is 549 g/mol. The molecule has 1 aromatic heterocycles. The summed E-state index contributed by atoms with van der Waals surface area (Å²) in [4.78, 5) is 9.26. The summed E-state index contributed by atoms with van der Waals surface area (Å²) in [6.45, 7) is 14.1. The van der Waals surface area contributed by atoms with Crippen LogP contribution in [-0.4, -0.2) is 61.8 Å². The number of hydrogen-bond acceptors (Lipinski definition) is 7. The van der Waals surface area contributed by atoms with Crippen LogP contribution in [-0.2, 0) is 10.0 Å². The van der Waals surface area contributed by atoms with Gasteiger partial charge in [-0.15, -0.1) is 0 Å². The van der Waals surface area contributed by atoms with E-state index in [1.807, 2.05) is 13.1 Å². The molecule has 2 aromatic rings. The first-order chi connectivity index (χ1) is 17.9. The highest BCUT2D eigenvalue weighted by Gasteiger charge is 2.31. The first-order valence-corrected chi connectivity index (χ1v) is 14.8. The van der Waals surface area contributed by atoms with E-state index in [4.69, 9.17) is 0 Å². The van der Waals surface area contributed by atoms with Gasteiger partial charge in [0, 0.05) is 49.7 Å². The molecule has 2 aliphatic heterocycles. The minimum absolute atomic E-state index is 0.127. The van der Waals surface area contributed by atoms with Crippen molar-refractivity contribution in [2.75, 3.05) is 46.6 Å². The number of hydrazine groups is 1. The van der Waals surface area contributed by atoms with E-state index in [1.165, 1.54) is 5.01 Å². The lowest BCUT2D eigenvalue weighted by molar-refractivity contribution is 0.128. The normalized spacial score (nSPS) is 19.1. The number of piperazine rings is 1. The number of aromatic nitrogens is 1. The summed E-state index contributed by atoms with van der Waals surface area (Å²) in [7, 11) is -3.74. The zero-order chi connectivity index (χ0) is 27.7. The van der Waals surface area contributed by atoms with Gasteiger partial charge < -0.3 is 4.90 Å². The second kappa shape index (κ2) is 11.2. The van der Waals surface area contributed by atoms with Crippen molar-refractivity contribution in [2.24, 2.45) is 0 Å². The third-order valence-electron chi connectivity index (χ3n) is 7.04. The van der Waals surface area contributed by atoms with E-state index in [0.717, 1.165) is 55.1 Å². The topological polar surface area (TPSA) is 80.8 Å². The minimum Gasteiger partial charge on any atom is -0.368 e. The molecule has 1 unspecified atom stereocenters. The third kappa shape index (κ3) is 6.10. The number of pyridine rings is 1. The van der Waals surface area contributed by atoms with Crippen molar-refractivity contribution in [1.29, 1.82) is 0 Å². The highest BCUT2D eigenvalue weighted by Crippen LogP contribution is 2.35. The van der Waals surface area contributed by atoms with Crippen molar-refractivity contribution < 1.29 is 17.2 Å². The van der Waals surface area contributed by atoms with E-state index in [2.05, 4.69) is 51.8 Å². The molecule has 0 bridgehead atoms. The Morgan fingerprint density at radius 3 is 2.45 bits per heavy atom. The number of nitrogens with zero attached hydrogens (tertiary/aromatic N) is 4. The lowest BCUT2D eigenvalue weighted by atomic mass is 10.00. The summed E-state index contributed by atoms with van der Waals surface area (Å²) in [5, 5.41) is 1.31. The lowest BCUT2D eigenvalue weighted by Crippen LogP contribution is -2.53. The molecule has 0 saturated carbocycles. The van der Waals surface area contributed by atoms with E-state index in [0.29, 0.717) is 12.8 Å². The van der Waals surface area contributed by atoms with Gasteiger partial charge in [-0.1, -0.05) is 13.8 Å². The fraction of sp³-hybridized carbons (Fsp3) is 0.519. The van der Waals surface area contributed by atoms with Crippen LogP contribution in [0.1, 0.15) is 53.0 Å². The van der Waals surface area contributed by atoms with Gasteiger partial charge in [-0.2, -0.15) is 0 Å². The molecule has 0 radical (unpaired) electrons. The molecule has 11 heteroatoms. The zero-order valence-corrected chi connectivity index (χ0v) is 23.6. The summed E-state index contributed by atoms with van der Waals surface area (Å²) < 4.78 is 57.0. The largest absolute Gasteiger partial charge is 0.368 e. The maximum Gasteiger partial charge on any atom is 0.232 e. The molecule has 4 rings (SSSR count). The van der Waals surface area contributed by atoms with Gasteiger partial charge >= 0.3 is 0 Å². The summed E-state index contributed by atoms with van der Waals surface area (Å²) in [5.41, 5.74) is 5.36. The van der Waals surface area contributed by atoms with E-state index < -0.39 is 21.7 Å². The Kier molecular flexibility index (Phi) is 8.29. The van der Waals surface area contributed by atoms with E-state index >= 15 is 4.39 Å². The molecule has 2 N–H and O–H groups in total. The predicted molar refractivity (Wildman–Crippen MR) is 150 cm³/mol. The van der Waals surface area contributed by atoms with Crippen molar-refractivity contribution in [2.45, 2.75) is 59.0 Å². The average Bonchev–Trinajstić information content (AvgIpc) is 3.29. The van der Waals surface area contributed by atoms with Crippen molar-refractivity contribution >= 4 is 32.7 Å². The van der Waals surface area contributed by atoms with Crippen LogP contribution in [0, 0.1) is 11.6 Å². The molecule has 208 valence electrons. The van der Waals surface area contributed by atoms with Crippen LogP contribution in [0.25, 0.3) is 5.57 Å². The molecular formula is C27H38F2N6O2S. The highest BCUT2D eigenvalue weighted by molar-refractivity contribution is 7.92. The molecule has 3 heterocycles. The molecule has 1 saturated heterocycles. The van der Waals surface area contributed by atoms with Crippen LogP contribution in [0.5, 0.6) is 0 Å². The quantitative estimate of drug-likeness (QED) is 0.500. The smallest absolute Gasteiger partial charge is 0.232 e. The second-order valence-electron chi connectivity index (χ2n) is 10.8. The number of anilines is 3. The van der Waals surface area contributed by atoms with Gasteiger partial charge in [0.15, 0.2) is 11.6 Å². The Hall–Kier alpha value is -2.76. The van der Waals surface area contributed by atoms with Gasteiger partial charge in [-0.25, -0.2) is 22.6 Å². The number of hydrogen-bond donors (Lipinski definition) is 2. The Bertz CT molecular complexity index is 1290. The lowest BCUT2D eigenvalue weighted by Gasteiger charge is -2.43. The molecule has 2 aliphatic rings. The number of sulfonamides is 1. The van der Waals surface area contributed by atoms with E-state index in [9.17, 15) is 12.8 Å². The Morgan fingerprint density at radius 2 is 1.82 bits per heavy atom. The summed E-state index contributed by atoms with van der Waals surface area (Å²) in [6.07, 6.45) is 6.32. The number of halogens is 2. The van der Waals surface area contributed by atoms with Gasteiger partial charge in [0.2, 0.25) is 10.0 Å².